The lowest BCUT2D eigenvalue weighted by Crippen LogP contribution is -2.29. The lowest BCUT2D eigenvalue weighted by Gasteiger charge is -2.11. The number of carbonyl (C=O) groups excluding carboxylic acids is 1. The van der Waals surface area contributed by atoms with Gasteiger partial charge in [-0.05, 0) is 49.0 Å². The van der Waals surface area contributed by atoms with Crippen molar-refractivity contribution in [3.63, 3.8) is 0 Å². The van der Waals surface area contributed by atoms with Crippen LogP contribution in [-0.4, -0.2) is 36.2 Å². The molecule has 0 unspecified atom stereocenters. The van der Waals surface area contributed by atoms with E-state index in [-0.39, 0.29) is 5.97 Å². The molecule has 0 radical (unpaired) electrons. The maximum atomic E-state index is 12.4. The van der Waals surface area contributed by atoms with Crippen molar-refractivity contribution in [1.82, 2.24) is 5.32 Å². The molecular weight excluding hydrogens is 380 g/mol. The SMILES string of the molecule is CCOC(=O)c1c(-c2cccs2)csc1NC(=S)NCCCSC. The number of nitrogens with one attached hydrogen (secondary N) is 2. The van der Waals surface area contributed by atoms with Gasteiger partial charge in [-0.3, -0.25) is 0 Å². The third-order valence-electron chi connectivity index (χ3n) is 3.10. The van der Waals surface area contributed by atoms with E-state index in [1.165, 1.54) is 11.3 Å². The van der Waals surface area contributed by atoms with Crippen LogP contribution in [0.25, 0.3) is 10.4 Å². The molecule has 24 heavy (non-hydrogen) atoms. The van der Waals surface area contributed by atoms with E-state index in [1.54, 1.807) is 18.3 Å². The highest BCUT2D eigenvalue weighted by Crippen LogP contribution is 2.38. The molecular formula is C16H20N2O2S4. The second kappa shape index (κ2) is 10.0. The molecule has 4 nitrogen and oxygen atoms in total. The summed E-state index contributed by atoms with van der Waals surface area (Å²) in [7, 11) is 0. The molecule has 0 amide bonds. The quantitative estimate of drug-likeness (QED) is 0.381. The number of anilines is 1. The maximum absolute atomic E-state index is 12.4. The summed E-state index contributed by atoms with van der Waals surface area (Å²) in [5, 5.41) is 11.5. The van der Waals surface area contributed by atoms with Gasteiger partial charge in [-0.1, -0.05) is 6.07 Å². The first-order valence-electron chi connectivity index (χ1n) is 7.53. The molecule has 2 N–H and O–H groups in total. The van der Waals surface area contributed by atoms with E-state index in [1.807, 2.05) is 34.7 Å². The summed E-state index contributed by atoms with van der Waals surface area (Å²) in [6.45, 7) is 2.96. The number of thiocarbonyl (C=S) groups is 1. The van der Waals surface area contributed by atoms with E-state index < -0.39 is 0 Å². The van der Waals surface area contributed by atoms with Gasteiger partial charge in [0.1, 0.15) is 10.6 Å². The summed E-state index contributed by atoms with van der Waals surface area (Å²) in [4.78, 5) is 13.4. The molecule has 8 heteroatoms. The molecule has 0 fully saturated rings. The summed E-state index contributed by atoms with van der Waals surface area (Å²) < 4.78 is 5.23. The molecule has 2 aromatic rings. The number of rotatable bonds is 8. The van der Waals surface area contributed by atoms with Crippen molar-refractivity contribution in [2.75, 3.05) is 30.5 Å². The average Bonchev–Trinajstić information content (AvgIpc) is 3.21. The van der Waals surface area contributed by atoms with Gasteiger partial charge in [-0.15, -0.1) is 22.7 Å². The van der Waals surface area contributed by atoms with Gasteiger partial charge >= 0.3 is 5.97 Å². The topological polar surface area (TPSA) is 50.4 Å². The molecule has 0 saturated carbocycles. The van der Waals surface area contributed by atoms with Crippen molar-refractivity contribution in [1.29, 1.82) is 0 Å². The van der Waals surface area contributed by atoms with Crippen LogP contribution >= 0.6 is 46.7 Å². The summed E-state index contributed by atoms with van der Waals surface area (Å²) in [6, 6.07) is 3.97. The van der Waals surface area contributed by atoms with Crippen LogP contribution in [0.5, 0.6) is 0 Å². The second-order valence-corrected chi connectivity index (χ2v) is 8.00. The van der Waals surface area contributed by atoms with Crippen molar-refractivity contribution < 1.29 is 9.53 Å². The van der Waals surface area contributed by atoms with Crippen LogP contribution in [-0.2, 0) is 4.74 Å². The molecule has 0 bridgehead atoms. The molecule has 0 aliphatic rings. The fraction of sp³-hybridized carbons (Fsp3) is 0.375. The fourth-order valence-corrected chi connectivity index (χ4v) is 4.51. The molecule has 0 spiro atoms. The Morgan fingerprint density at radius 1 is 1.42 bits per heavy atom. The Bertz CT molecular complexity index is 668. The van der Waals surface area contributed by atoms with Gasteiger partial charge in [0.15, 0.2) is 5.11 Å². The van der Waals surface area contributed by atoms with Gasteiger partial charge in [0, 0.05) is 22.4 Å². The fourth-order valence-electron chi connectivity index (χ4n) is 2.03. The highest BCUT2D eigenvalue weighted by Gasteiger charge is 2.22. The molecule has 0 aliphatic heterocycles. The van der Waals surface area contributed by atoms with E-state index in [4.69, 9.17) is 17.0 Å². The van der Waals surface area contributed by atoms with E-state index in [0.717, 1.165) is 34.2 Å². The monoisotopic (exact) mass is 400 g/mol. The molecule has 0 saturated heterocycles. The molecule has 2 rings (SSSR count). The highest BCUT2D eigenvalue weighted by molar-refractivity contribution is 7.98. The zero-order valence-corrected chi connectivity index (χ0v) is 16.9. The van der Waals surface area contributed by atoms with E-state index in [0.29, 0.717) is 17.3 Å². The van der Waals surface area contributed by atoms with E-state index in [2.05, 4.69) is 16.9 Å². The van der Waals surface area contributed by atoms with Crippen molar-refractivity contribution in [2.24, 2.45) is 0 Å². The lowest BCUT2D eigenvalue weighted by atomic mass is 10.1. The van der Waals surface area contributed by atoms with Crippen molar-refractivity contribution in [2.45, 2.75) is 13.3 Å². The Morgan fingerprint density at radius 2 is 2.25 bits per heavy atom. The van der Waals surface area contributed by atoms with Crippen LogP contribution in [0, 0.1) is 0 Å². The molecule has 2 heterocycles. The Kier molecular flexibility index (Phi) is 8.04. The van der Waals surface area contributed by atoms with Gasteiger partial charge < -0.3 is 15.4 Å². The number of carbonyl (C=O) groups is 1. The van der Waals surface area contributed by atoms with Gasteiger partial charge in [-0.2, -0.15) is 11.8 Å². The minimum Gasteiger partial charge on any atom is -0.462 e. The van der Waals surface area contributed by atoms with Gasteiger partial charge in [0.2, 0.25) is 0 Å². The Labute approximate surface area is 160 Å². The molecule has 0 atom stereocenters. The summed E-state index contributed by atoms with van der Waals surface area (Å²) in [5.41, 5.74) is 1.44. The zero-order valence-electron chi connectivity index (χ0n) is 13.6. The third-order valence-corrected chi connectivity index (χ3v) is 5.84. The van der Waals surface area contributed by atoms with Crippen molar-refractivity contribution in [3.05, 3.63) is 28.5 Å². The van der Waals surface area contributed by atoms with Crippen molar-refractivity contribution >= 4 is 62.7 Å². The summed E-state index contributed by atoms with van der Waals surface area (Å²) in [6.07, 6.45) is 3.12. The normalized spacial score (nSPS) is 10.4. The molecule has 130 valence electrons. The van der Waals surface area contributed by atoms with Crippen LogP contribution in [0.2, 0.25) is 0 Å². The standard InChI is InChI=1S/C16H20N2O2S4/c1-3-20-15(19)13-11(12-6-4-9-23-12)10-24-14(13)18-16(21)17-7-5-8-22-2/h4,6,9-10H,3,5,7-8H2,1-2H3,(H2,17,18,21). The Balaban J connectivity index is 2.14. The van der Waals surface area contributed by atoms with E-state index in [9.17, 15) is 4.79 Å². The minimum absolute atomic E-state index is 0.324. The summed E-state index contributed by atoms with van der Waals surface area (Å²) >= 11 is 10.2. The first-order valence-corrected chi connectivity index (χ1v) is 11.1. The van der Waals surface area contributed by atoms with Gasteiger partial charge in [0.05, 0.1) is 6.61 Å². The van der Waals surface area contributed by atoms with Crippen LogP contribution in [0.3, 0.4) is 0 Å². The van der Waals surface area contributed by atoms with E-state index >= 15 is 0 Å². The molecule has 2 aromatic heterocycles. The second-order valence-electron chi connectivity index (χ2n) is 4.78. The predicted octanol–water partition coefficient (Wildman–Crippen LogP) is 4.69. The van der Waals surface area contributed by atoms with Crippen LogP contribution in [0.15, 0.2) is 22.9 Å². The highest BCUT2D eigenvalue weighted by atomic mass is 32.2. The van der Waals surface area contributed by atoms with Crippen LogP contribution in [0.1, 0.15) is 23.7 Å². The van der Waals surface area contributed by atoms with Crippen molar-refractivity contribution in [3.8, 4) is 10.4 Å². The Hall–Kier alpha value is -1.09. The lowest BCUT2D eigenvalue weighted by molar-refractivity contribution is 0.0529. The number of ether oxygens (including phenoxy) is 1. The predicted molar refractivity (Wildman–Crippen MR) is 111 cm³/mol. The van der Waals surface area contributed by atoms with Crippen LogP contribution in [0.4, 0.5) is 5.00 Å². The average molecular weight is 401 g/mol. The number of thioether (sulfide) groups is 1. The third kappa shape index (κ3) is 5.20. The molecule has 0 aromatic carbocycles. The first-order chi connectivity index (χ1) is 11.7. The smallest absolute Gasteiger partial charge is 0.341 e. The summed E-state index contributed by atoms with van der Waals surface area (Å²) in [5.74, 6) is 0.764. The first kappa shape index (κ1) is 19.2. The largest absolute Gasteiger partial charge is 0.462 e. The molecule has 0 aliphatic carbocycles. The zero-order chi connectivity index (χ0) is 17.4. The Morgan fingerprint density at radius 3 is 2.92 bits per heavy atom. The number of esters is 1. The maximum Gasteiger partial charge on any atom is 0.341 e. The number of thiophene rings is 2. The number of hydrogen-bond donors (Lipinski definition) is 2. The minimum atomic E-state index is -0.324. The van der Waals surface area contributed by atoms with Gasteiger partial charge in [0.25, 0.3) is 0 Å². The van der Waals surface area contributed by atoms with Crippen LogP contribution < -0.4 is 10.6 Å². The van der Waals surface area contributed by atoms with Gasteiger partial charge in [-0.25, -0.2) is 4.79 Å². The number of hydrogen-bond acceptors (Lipinski definition) is 6.